The molecule has 1 unspecified atom stereocenters. The van der Waals surface area contributed by atoms with E-state index in [1.54, 1.807) is 13.8 Å². The van der Waals surface area contributed by atoms with Gasteiger partial charge in [0.2, 0.25) is 4.58 Å². The molecule has 0 rings (SSSR count). The van der Waals surface area contributed by atoms with Crippen LogP contribution in [0.25, 0.3) is 0 Å². The van der Waals surface area contributed by atoms with Crippen LogP contribution in [-0.2, 0) is 23.9 Å². The van der Waals surface area contributed by atoms with Crippen molar-refractivity contribution in [2.24, 2.45) is 5.90 Å². The number of ether oxygens (including phenoxy) is 1. The van der Waals surface area contributed by atoms with Crippen molar-refractivity contribution in [2.75, 3.05) is 5.75 Å². The average molecular weight is 313 g/mol. The molecule has 0 radical (unpaired) electrons. The normalized spacial score (nSPS) is 13.5. The van der Waals surface area contributed by atoms with Crippen LogP contribution in [0.3, 0.4) is 0 Å². The van der Waals surface area contributed by atoms with Crippen LogP contribution in [0.4, 0.5) is 0 Å². The quantitative estimate of drug-likeness (QED) is 0.373. The molecule has 19 heavy (non-hydrogen) atoms. The van der Waals surface area contributed by atoms with Crippen LogP contribution in [0.2, 0.25) is 0 Å². The highest BCUT2D eigenvalue weighted by molar-refractivity contribution is 8.13. The molecule has 0 fully saturated rings. The Morgan fingerprint density at radius 2 is 1.89 bits per heavy atom. The lowest BCUT2D eigenvalue weighted by Crippen LogP contribution is -2.34. The predicted octanol–water partition coefficient (Wildman–Crippen LogP) is 1.80. The van der Waals surface area contributed by atoms with Gasteiger partial charge in [-0.2, -0.15) is 18.6 Å². The third kappa shape index (κ3) is 7.76. The molecule has 6 nitrogen and oxygen atoms in total. The predicted molar refractivity (Wildman–Crippen MR) is 75.8 cm³/mol. The fourth-order valence-corrected chi connectivity index (χ4v) is 3.59. The minimum atomic E-state index is -4.13. The Labute approximate surface area is 119 Å². The van der Waals surface area contributed by atoms with Gasteiger partial charge in [0.1, 0.15) is 0 Å². The van der Waals surface area contributed by atoms with Crippen molar-refractivity contribution in [2.45, 2.75) is 57.1 Å². The Bertz CT molecular complexity index is 356. The minimum absolute atomic E-state index is 0.385. The first-order chi connectivity index (χ1) is 8.85. The lowest BCUT2D eigenvalue weighted by Gasteiger charge is -2.16. The van der Waals surface area contributed by atoms with Gasteiger partial charge in [0.05, 0.1) is 6.10 Å². The van der Waals surface area contributed by atoms with E-state index in [1.807, 2.05) is 0 Å². The van der Waals surface area contributed by atoms with Gasteiger partial charge in [-0.3, -0.25) is 0 Å². The Morgan fingerprint density at radius 3 is 2.37 bits per heavy atom. The van der Waals surface area contributed by atoms with Gasteiger partial charge in [0, 0.05) is 0 Å². The van der Waals surface area contributed by atoms with E-state index in [0.29, 0.717) is 5.75 Å². The zero-order chi connectivity index (χ0) is 14.9. The maximum absolute atomic E-state index is 11.7. The van der Waals surface area contributed by atoms with E-state index >= 15 is 0 Å². The molecule has 8 heteroatoms. The summed E-state index contributed by atoms with van der Waals surface area (Å²) in [6.07, 6.45) is 3.63. The summed E-state index contributed by atoms with van der Waals surface area (Å²) in [7, 11) is -4.13. The monoisotopic (exact) mass is 313 g/mol. The molecule has 0 aliphatic rings. The third-order valence-electron chi connectivity index (χ3n) is 2.21. The fourth-order valence-electron chi connectivity index (χ4n) is 1.33. The van der Waals surface area contributed by atoms with Crippen molar-refractivity contribution in [3.05, 3.63) is 0 Å². The molecule has 0 heterocycles. The molecule has 0 bridgehead atoms. The highest BCUT2D eigenvalue weighted by Gasteiger charge is 2.35. The Balaban J connectivity index is 4.48. The second kappa shape index (κ2) is 9.57. The minimum Gasteiger partial charge on any atom is -0.461 e. The zero-order valence-electron chi connectivity index (χ0n) is 11.6. The van der Waals surface area contributed by atoms with Gasteiger partial charge in [0.25, 0.3) is 0 Å². The van der Waals surface area contributed by atoms with Crippen molar-refractivity contribution >= 4 is 27.8 Å². The van der Waals surface area contributed by atoms with Crippen LogP contribution >= 0.6 is 11.8 Å². The smallest absolute Gasteiger partial charge is 0.337 e. The molecule has 0 aromatic rings. The maximum atomic E-state index is 11.7. The first kappa shape index (κ1) is 18.7. The second-order valence-electron chi connectivity index (χ2n) is 4.34. The molecule has 0 aliphatic heterocycles. The number of carbonyl (C=O) groups excluding carboxylic acids is 1. The summed E-state index contributed by atoms with van der Waals surface area (Å²) in [6, 6.07) is 0. The van der Waals surface area contributed by atoms with Gasteiger partial charge in [0.15, 0.2) is 0 Å². The van der Waals surface area contributed by atoms with Gasteiger partial charge < -0.3 is 4.74 Å². The van der Waals surface area contributed by atoms with Gasteiger partial charge in [-0.05, 0) is 26.0 Å². The van der Waals surface area contributed by atoms with Crippen molar-refractivity contribution in [1.29, 1.82) is 0 Å². The number of unbranched alkanes of at least 4 members (excludes halogenated alkanes) is 3. The summed E-state index contributed by atoms with van der Waals surface area (Å²) >= 11 is 0.986. The number of nitrogens with two attached hydrogens (primary N) is 1. The highest BCUT2D eigenvalue weighted by Crippen LogP contribution is 2.22. The molecule has 0 aromatic heterocycles. The Hall–Kier alpha value is -0.310. The zero-order valence-corrected chi connectivity index (χ0v) is 13.3. The topological polar surface area (TPSA) is 95.7 Å². The standard InChI is InChI=1S/C11H23NO5S2/c1-4-5-6-7-8-18-11(19(14,15)17-12)10(13)16-9(2)3/h9,11H,4-8,12H2,1-3H3. The van der Waals surface area contributed by atoms with Crippen LogP contribution < -0.4 is 5.90 Å². The van der Waals surface area contributed by atoms with Crippen molar-refractivity contribution in [3.63, 3.8) is 0 Å². The van der Waals surface area contributed by atoms with E-state index in [0.717, 1.165) is 37.4 Å². The van der Waals surface area contributed by atoms with E-state index in [4.69, 9.17) is 10.6 Å². The highest BCUT2D eigenvalue weighted by atomic mass is 32.3. The number of hydrogen-bond acceptors (Lipinski definition) is 7. The summed E-state index contributed by atoms with van der Waals surface area (Å²) in [5.74, 6) is 4.43. The molecule has 2 N–H and O–H groups in total. The maximum Gasteiger partial charge on any atom is 0.337 e. The van der Waals surface area contributed by atoms with E-state index in [9.17, 15) is 13.2 Å². The first-order valence-corrected chi connectivity index (χ1v) is 8.81. The number of rotatable bonds is 10. The van der Waals surface area contributed by atoms with Crippen LogP contribution in [-0.4, -0.2) is 30.8 Å². The summed E-state index contributed by atoms with van der Waals surface area (Å²) in [6.45, 7) is 5.39. The molecule has 114 valence electrons. The number of thioether (sulfide) groups is 1. The van der Waals surface area contributed by atoms with Crippen LogP contribution in [0.15, 0.2) is 0 Å². The van der Waals surface area contributed by atoms with E-state index < -0.39 is 20.7 Å². The number of carbonyl (C=O) groups is 1. The van der Waals surface area contributed by atoms with Crippen LogP contribution in [0, 0.1) is 0 Å². The number of hydrogen-bond donors (Lipinski definition) is 1. The fraction of sp³-hybridized carbons (Fsp3) is 0.909. The summed E-state index contributed by atoms with van der Waals surface area (Å²) in [5.41, 5.74) is 0. The molecule has 1 atom stereocenters. The van der Waals surface area contributed by atoms with Gasteiger partial charge >= 0.3 is 16.1 Å². The molecule has 0 aliphatic carbocycles. The van der Waals surface area contributed by atoms with Crippen LogP contribution in [0.1, 0.15) is 46.5 Å². The first-order valence-electron chi connectivity index (χ1n) is 6.29. The Morgan fingerprint density at radius 1 is 1.26 bits per heavy atom. The van der Waals surface area contributed by atoms with Gasteiger partial charge in [-0.1, -0.05) is 26.2 Å². The summed E-state index contributed by atoms with van der Waals surface area (Å²) < 4.78 is 30.6. The molecule has 0 amide bonds. The molecule has 0 saturated heterocycles. The summed E-state index contributed by atoms with van der Waals surface area (Å²) in [5, 5.41) is 0. The largest absolute Gasteiger partial charge is 0.461 e. The van der Waals surface area contributed by atoms with Gasteiger partial charge in [-0.25, -0.2) is 4.79 Å². The van der Waals surface area contributed by atoms with Crippen molar-refractivity contribution in [3.8, 4) is 0 Å². The van der Waals surface area contributed by atoms with Crippen molar-refractivity contribution in [1.82, 2.24) is 0 Å². The third-order valence-corrected chi connectivity index (χ3v) is 5.33. The lowest BCUT2D eigenvalue weighted by atomic mass is 10.2. The lowest BCUT2D eigenvalue weighted by molar-refractivity contribution is -0.145. The molecular weight excluding hydrogens is 290 g/mol. The number of esters is 1. The van der Waals surface area contributed by atoms with Crippen molar-refractivity contribution < 1.29 is 22.2 Å². The SMILES string of the molecule is CCCCCCSC(C(=O)OC(C)C)S(=O)(=O)ON. The Kier molecular flexibility index (Phi) is 9.42. The molecule has 0 saturated carbocycles. The summed E-state index contributed by atoms with van der Waals surface area (Å²) in [4.78, 5) is 11.7. The van der Waals surface area contributed by atoms with Gasteiger partial charge in [-0.15, -0.1) is 11.8 Å². The average Bonchev–Trinajstić information content (AvgIpc) is 2.32. The van der Waals surface area contributed by atoms with E-state index in [2.05, 4.69) is 11.2 Å². The molecule has 0 aromatic carbocycles. The second-order valence-corrected chi connectivity index (χ2v) is 7.50. The van der Waals surface area contributed by atoms with E-state index in [-0.39, 0.29) is 6.10 Å². The van der Waals surface area contributed by atoms with Crippen LogP contribution in [0.5, 0.6) is 0 Å². The molecular formula is C11H23NO5S2. The van der Waals surface area contributed by atoms with E-state index in [1.165, 1.54) is 0 Å². The molecule has 0 spiro atoms.